The number of nitrogens with zero attached hydrogens (tertiary/aromatic N) is 1. The highest BCUT2D eigenvalue weighted by molar-refractivity contribution is 7.89. The normalized spacial score (nSPS) is 15.9. The fourth-order valence-corrected chi connectivity index (χ4v) is 4.42. The third-order valence-electron chi connectivity index (χ3n) is 3.66. The summed E-state index contributed by atoms with van der Waals surface area (Å²) >= 11 is 0. The van der Waals surface area contributed by atoms with E-state index in [1.165, 1.54) is 0 Å². The van der Waals surface area contributed by atoms with Gasteiger partial charge in [0.25, 0.3) is 0 Å². The first kappa shape index (κ1) is 16.5. The Labute approximate surface area is 128 Å². The van der Waals surface area contributed by atoms with E-state index in [2.05, 4.69) is 19.2 Å². The van der Waals surface area contributed by atoms with Crippen LogP contribution in [0.4, 0.5) is 0 Å². The molecule has 0 amide bonds. The van der Waals surface area contributed by atoms with Gasteiger partial charge in [0, 0.05) is 25.2 Å². The fourth-order valence-electron chi connectivity index (χ4n) is 2.42. The van der Waals surface area contributed by atoms with Crippen molar-refractivity contribution in [2.24, 2.45) is 0 Å². The van der Waals surface area contributed by atoms with Crippen LogP contribution in [0.1, 0.15) is 45.6 Å². The molecule has 0 aromatic heterocycles. The van der Waals surface area contributed by atoms with Crippen LogP contribution in [0, 0.1) is 0 Å². The maximum Gasteiger partial charge on any atom is 0.243 e. The molecular formula is C16H26N2O2S. The highest BCUT2D eigenvalue weighted by atomic mass is 32.2. The van der Waals surface area contributed by atoms with Gasteiger partial charge >= 0.3 is 0 Å². The number of benzene rings is 1. The summed E-state index contributed by atoms with van der Waals surface area (Å²) < 4.78 is 27.6. The number of hydrogen-bond donors (Lipinski definition) is 1. The summed E-state index contributed by atoms with van der Waals surface area (Å²) in [7, 11) is -3.39. The van der Waals surface area contributed by atoms with Crippen molar-refractivity contribution in [1.82, 2.24) is 9.62 Å². The van der Waals surface area contributed by atoms with Crippen molar-refractivity contribution in [3.8, 4) is 0 Å². The van der Waals surface area contributed by atoms with E-state index in [1.807, 2.05) is 25.1 Å². The van der Waals surface area contributed by atoms with Crippen LogP contribution in [0.15, 0.2) is 29.2 Å². The van der Waals surface area contributed by atoms with Crippen LogP contribution in [0.3, 0.4) is 0 Å². The first-order valence-electron chi connectivity index (χ1n) is 7.80. The minimum atomic E-state index is -3.39. The van der Waals surface area contributed by atoms with Crippen LogP contribution in [0.25, 0.3) is 0 Å². The molecule has 0 bridgehead atoms. The lowest BCUT2D eigenvalue weighted by Gasteiger charge is -2.23. The molecule has 1 aromatic carbocycles. The van der Waals surface area contributed by atoms with E-state index >= 15 is 0 Å². The van der Waals surface area contributed by atoms with Gasteiger partial charge in [-0.05, 0) is 30.9 Å². The zero-order valence-corrected chi connectivity index (χ0v) is 14.0. The van der Waals surface area contributed by atoms with Crippen LogP contribution >= 0.6 is 0 Å². The van der Waals surface area contributed by atoms with Gasteiger partial charge in [-0.15, -0.1) is 0 Å². The smallest absolute Gasteiger partial charge is 0.243 e. The highest BCUT2D eigenvalue weighted by Crippen LogP contribution is 2.33. The van der Waals surface area contributed by atoms with Gasteiger partial charge in [-0.2, -0.15) is 4.31 Å². The molecule has 1 aromatic rings. The first-order valence-corrected chi connectivity index (χ1v) is 9.24. The van der Waals surface area contributed by atoms with Gasteiger partial charge < -0.3 is 5.32 Å². The van der Waals surface area contributed by atoms with Gasteiger partial charge in [-0.3, -0.25) is 0 Å². The standard InChI is InChI=1S/C16H26N2O2S/c1-4-11-18(15-9-10-15)21(19,20)16-8-6-5-7-14(16)12-17-13(2)3/h5-8,13,15,17H,4,9-12H2,1-3H3. The molecule has 1 fully saturated rings. The Morgan fingerprint density at radius 1 is 1.29 bits per heavy atom. The van der Waals surface area contributed by atoms with Crippen molar-refractivity contribution in [2.75, 3.05) is 6.54 Å². The van der Waals surface area contributed by atoms with Gasteiger partial charge in [0.05, 0.1) is 4.90 Å². The van der Waals surface area contributed by atoms with Gasteiger partial charge in [-0.1, -0.05) is 39.0 Å². The summed E-state index contributed by atoms with van der Waals surface area (Å²) in [5, 5.41) is 3.31. The summed E-state index contributed by atoms with van der Waals surface area (Å²) in [6.07, 6.45) is 2.83. The quantitative estimate of drug-likeness (QED) is 0.803. The van der Waals surface area contributed by atoms with E-state index in [9.17, 15) is 8.42 Å². The van der Waals surface area contributed by atoms with Crippen molar-refractivity contribution in [1.29, 1.82) is 0 Å². The lowest BCUT2D eigenvalue weighted by atomic mass is 10.2. The van der Waals surface area contributed by atoms with Gasteiger partial charge in [0.2, 0.25) is 10.0 Å². The zero-order valence-electron chi connectivity index (χ0n) is 13.2. The first-order chi connectivity index (χ1) is 9.96. The Bertz CT molecular complexity index is 565. The summed E-state index contributed by atoms with van der Waals surface area (Å²) in [4.78, 5) is 0.457. The van der Waals surface area contributed by atoms with Crippen LogP contribution in [-0.4, -0.2) is 31.4 Å². The van der Waals surface area contributed by atoms with E-state index in [-0.39, 0.29) is 6.04 Å². The Balaban J connectivity index is 2.30. The molecule has 4 nitrogen and oxygen atoms in total. The number of hydrogen-bond acceptors (Lipinski definition) is 3. The van der Waals surface area contributed by atoms with E-state index in [0.717, 1.165) is 24.8 Å². The molecule has 0 atom stereocenters. The highest BCUT2D eigenvalue weighted by Gasteiger charge is 2.38. The molecular weight excluding hydrogens is 284 g/mol. The Kier molecular flexibility index (Phi) is 5.41. The van der Waals surface area contributed by atoms with Crippen molar-refractivity contribution < 1.29 is 8.42 Å². The Morgan fingerprint density at radius 2 is 1.95 bits per heavy atom. The molecule has 2 rings (SSSR count). The second kappa shape index (κ2) is 6.90. The molecule has 0 aliphatic heterocycles. The molecule has 21 heavy (non-hydrogen) atoms. The average molecular weight is 310 g/mol. The minimum absolute atomic E-state index is 0.209. The lowest BCUT2D eigenvalue weighted by molar-refractivity contribution is 0.402. The van der Waals surface area contributed by atoms with Crippen molar-refractivity contribution in [3.63, 3.8) is 0 Å². The SMILES string of the molecule is CCCN(C1CC1)S(=O)(=O)c1ccccc1CNC(C)C. The van der Waals surface area contributed by atoms with Gasteiger partial charge in [0.15, 0.2) is 0 Å². The van der Waals surface area contributed by atoms with Crippen molar-refractivity contribution in [3.05, 3.63) is 29.8 Å². The van der Waals surface area contributed by atoms with Crippen LogP contribution in [-0.2, 0) is 16.6 Å². The molecule has 1 aliphatic carbocycles. The van der Waals surface area contributed by atoms with E-state index in [4.69, 9.17) is 0 Å². The van der Waals surface area contributed by atoms with E-state index in [1.54, 1.807) is 10.4 Å². The molecule has 1 saturated carbocycles. The minimum Gasteiger partial charge on any atom is -0.310 e. The summed E-state index contributed by atoms with van der Waals surface area (Å²) in [6, 6.07) is 7.88. The number of nitrogens with one attached hydrogen (secondary N) is 1. The molecule has 0 heterocycles. The monoisotopic (exact) mass is 310 g/mol. The predicted octanol–water partition coefficient (Wildman–Crippen LogP) is 2.75. The van der Waals surface area contributed by atoms with Crippen molar-refractivity contribution in [2.45, 2.75) is 63.6 Å². The molecule has 118 valence electrons. The van der Waals surface area contributed by atoms with Gasteiger partial charge in [-0.25, -0.2) is 8.42 Å². The number of rotatable bonds is 8. The van der Waals surface area contributed by atoms with Crippen LogP contribution in [0.5, 0.6) is 0 Å². The molecule has 0 spiro atoms. The second-order valence-electron chi connectivity index (χ2n) is 5.99. The average Bonchev–Trinajstić information content (AvgIpc) is 3.27. The fraction of sp³-hybridized carbons (Fsp3) is 0.625. The Morgan fingerprint density at radius 3 is 2.52 bits per heavy atom. The molecule has 1 aliphatic rings. The molecule has 5 heteroatoms. The lowest BCUT2D eigenvalue weighted by Crippen LogP contribution is -2.35. The molecule has 1 N–H and O–H groups in total. The number of sulfonamides is 1. The van der Waals surface area contributed by atoms with Crippen LogP contribution in [0.2, 0.25) is 0 Å². The topological polar surface area (TPSA) is 49.4 Å². The van der Waals surface area contributed by atoms with Crippen molar-refractivity contribution >= 4 is 10.0 Å². The largest absolute Gasteiger partial charge is 0.310 e. The molecule has 0 unspecified atom stereocenters. The summed E-state index contributed by atoms with van der Waals surface area (Å²) in [6.45, 7) is 7.34. The predicted molar refractivity (Wildman–Crippen MR) is 85.6 cm³/mol. The Hall–Kier alpha value is -0.910. The second-order valence-corrected chi connectivity index (χ2v) is 7.85. The molecule has 0 saturated heterocycles. The third kappa shape index (κ3) is 4.05. The zero-order chi connectivity index (χ0) is 15.5. The van der Waals surface area contributed by atoms with Gasteiger partial charge in [0.1, 0.15) is 0 Å². The third-order valence-corrected chi connectivity index (χ3v) is 5.71. The summed E-state index contributed by atoms with van der Waals surface area (Å²) in [5.41, 5.74) is 0.855. The molecule has 0 radical (unpaired) electrons. The van der Waals surface area contributed by atoms with E-state index in [0.29, 0.717) is 24.0 Å². The maximum absolute atomic E-state index is 13.0. The summed E-state index contributed by atoms with van der Waals surface area (Å²) in [5.74, 6) is 0. The van der Waals surface area contributed by atoms with E-state index < -0.39 is 10.0 Å². The van der Waals surface area contributed by atoms with Crippen LogP contribution < -0.4 is 5.32 Å². The maximum atomic E-state index is 13.0.